The van der Waals surface area contributed by atoms with Crippen LogP contribution in [0.25, 0.3) is 0 Å². The van der Waals surface area contributed by atoms with E-state index in [-0.39, 0.29) is 5.92 Å². The van der Waals surface area contributed by atoms with E-state index in [9.17, 15) is 5.11 Å². The summed E-state index contributed by atoms with van der Waals surface area (Å²) in [6.45, 7) is 5.90. The Labute approximate surface area is 134 Å². The molecule has 0 saturated heterocycles. The number of nitrogen functional groups attached to an aromatic ring is 1. The highest BCUT2D eigenvalue weighted by Gasteiger charge is 2.14. The molecule has 2 atom stereocenters. The van der Waals surface area contributed by atoms with Gasteiger partial charge in [-0.05, 0) is 43.8 Å². The summed E-state index contributed by atoms with van der Waals surface area (Å²) < 4.78 is 0. The second-order valence-electron chi connectivity index (χ2n) is 5.61. The zero-order chi connectivity index (χ0) is 16.5. The van der Waals surface area contributed by atoms with Crippen LogP contribution < -0.4 is 5.73 Å². The van der Waals surface area contributed by atoms with Gasteiger partial charge in [0, 0.05) is 18.0 Å². The van der Waals surface area contributed by atoms with Gasteiger partial charge in [0.1, 0.15) is 6.23 Å². The summed E-state index contributed by atoms with van der Waals surface area (Å²) in [5.41, 5.74) is 8.97. The van der Waals surface area contributed by atoms with Gasteiger partial charge >= 0.3 is 0 Å². The highest BCUT2D eigenvalue weighted by Crippen LogP contribution is 2.30. The smallest absolute Gasteiger partial charge is 0.110 e. The van der Waals surface area contributed by atoms with Crippen molar-refractivity contribution in [2.45, 2.75) is 31.9 Å². The summed E-state index contributed by atoms with van der Waals surface area (Å²) in [5.74, 6) is 0.283. The van der Waals surface area contributed by atoms with E-state index in [1.807, 2.05) is 32.3 Å². The highest BCUT2D eigenvalue weighted by atomic mass is 16.3. The van der Waals surface area contributed by atoms with Crippen molar-refractivity contribution in [2.75, 3.05) is 19.8 Å². The molecule has 0 spiro atoms. The van der Waals surface area contributed by atoms with Crippen LogP contribution in [-0.2, 0) is 0 Å². The zero-order valence-electron chi connectivity index (χ0n) is 13.9. The minimum absolute atomic E-state index is 0.283. The zero-order valence-corrected chi connectivity index (χ0v) is 13.9. The number of nitrogens with two attached hydrogens (primary N) is 1. The van der Waals surface area contributed by atoms with Crippen molar-refractivity contribution in [3.63, 3.8) is 0 Å². The van der Waals surface area contributed by atoms with E-state index in [0.29, 0.717) is 6.42 Å². The Balaban J connectivity index is 3.06. The maximum absolute atomic E-state index is 9.98. The first-order valence-electron chi connectivity index (χ1n) is 7.68. The third-order valence-electron chi connectivity index (χ3n) is 3.73. The van der Waals surface area contributed by atoms with E-state index in [1.54, 1.807) is 11.0 Å². The van der Waals surface area contributed by atoms with Crippen LogP contribution in [0.2, 0.25) is 0 Å². The van der Waals surface area contributed by atoms with Crippen LogP contribution in [0.15, 0.2) is 60.7 Å². The lowest BCUT2D eigenvalue weighted by atomic mass is 9.87. The minimum Gasteiger partial charge on any atom is -0.399 e. The Bertz CT molecular complexity index is 515. The molecule has 1 aromatic carbocycles. The number of aliphatic hydroxyl groups is 1. The van der Waals surface area contributed by atoms with Gasteiger partial charge in [-0.1, -0.05) is 49.9 Å². The normalized spacial score (nSPS) is 15.2. The Morgan fingerprint density at radius 1 is 1.32 bits per heavy atom. The molecule has 0 heterocycles. The maximum Gasteiger partial charge on any atom is 0.110 e. The lowest BCUT2D eigenvalue weighted by molar-refractivity contribution is 0.0434. The molecule has 22 heavy (non-hydrogen) atoms. The number of benzene rings is 1. The summed E-state index contributed by atoms with van der Waals surface area (Å²) >= 11 is 0. The van der Waals surface area contributed by atoms with Crippen LogP contribution in [0, 0.1) is 0 Å². The molecule has 1 aromatic rings. The van der Waals surface area contributed by atoms with Gasteiger partial charge in [0.2, 0.25) is 0 Å². The first-order valence-corrected chi connectivity index (χ1v) is 7.68. The number of rotatable bonds is 8. The van der Waals surface area contributed by atoms with Crippen LogP contribution in [0.4, 0.5) is 5.69 Å². The van der Waals surface area contributed by atoms with Crippen molar-refractivity contribution in [1.29, 1.82) is 0 Å². The van der Waals surface area contributed by atoms with Crippen molar-refractivity contribution in [2.24, 2.45) is 0 Å². The van der Waals surface area contributed by atoms with Crippen LogP contribution >= 0.6 is 0 Å². The lowest BCUT2D eigenvalue weighted by Crippen LogP contribution is -2.26. The molecule has 3 nitrogen and oxygen atoms in total. The quantitative estimate of drug-likeness (QED) is 0.437. The Morgan fingerprint density at radius 2 is 1.95 bits per heavy atom. The highest BCUT2D eigenvalue weighted by molar-refractivity contribution is 5.43. The molecule has 0 aliphatic rings. The van der Waals surface area contributed by atoms with Gasteiger partial charge in [0.05, 0.1) is 0 Å². The molecular weight excluding hydrogens is 272 g/mol. The molecule has 1 rings (SSSR count). The molecule has 120 valence electrons. The molecule has 0 amide bonds. The summed E-state index contributed by atoms with van der Waals surface area (Å²) in [6, 6.07) is 8.01. The second-order valence-corrected chi connectivity index (χ2v) is 5.61. The number of nitrogens with zero attached hydrogens (tertiary/aromatic N) is 1. The lowest BCUT2D eigenvalue weighted by Gasteiger charge is -2.20. The first-order chi connectivity index (χ1) is 10.5. The second kappa shape index (κ2) is 9.23. The van der Waals surface area contributed by atoms with Crippen molar-refractivity contribution >= 4 is 5.69 Å². The van der Waals surface area contributed by atoms with Crippen LogP contribution in [0.5, 0.6) is 0 Å². The fourth-order valence-corrected chi connectivity index (χ4v) is 2.35. The molecule has 0 saturated carbocycles. The van der Waals surface area contributed by atoms with Crippen molar-refractivity contribution in [3.8, 4) is 0 Å². The van der Waals surface area contributed by atoms with Gasteiger partial charge < -0.3 is 10.8 Å². The standard InChI is InChI=1S/C19H28N2O/c1-5-7-8-15(11-14-19(22)21(3)4)18(6-2)16-9-12-17(20)13-10-16/h5,7-13,18-19,22H,1,6,14,20H2,2-4H3/b8-7-,15-11+. The van der Waals surface area contributed by atoms with Crippen LogP contribution in [-0.4, -0.2) is 30.3 Å². The fourth-order valence-electron chi connectivity index (χ4n) is 2.35. The van der Waals surface area contributed by atoms with Crippen molar-refractivity contribution in [1.82, 2.24) is 4.90 Å². The van der Waals surface area contributed by atoms with E-state index >= 15 is 0 Å². The third kappa shape index (κ3) is 5.51. The molecular formula is C19H28N2O. The van der Waals surface area contributed by atoms with E-state index in [1.165, 1.54) is 11.1 Å². The van der Waals surface area contributed by atoms with Gasteiger partial charge in [-0.15, -0.1) is 0 Å². The molecule has 2 unspecified atom stereocenters. The first kappa shape index (κ1) is 18.2. The van der Waals surface area contributed by atoms with E-state index < -0.39 is 6.23 Å². The predicted molar refractivity (Wildman–Crippen MR) is 95.6 cm³/mol. The number of hydrogen-bond donors (Lipinski definition) is 2. The SMILES string of the molecule is C=C/C=C\C(=C/CC(O)N(C)C)C(CC)c1ccc(N)cc1. The van der Waals surface area contributed by atoms with Gasteiger partial charge in [0.15, 0.2) is 0 Å². The van der Waals surface area contributed by atoms with Crippen molar-refractivity contribution < 1.29 is 5.11 Å². The van der Waals surface area contributed by atoms with Gasteiger partial charge in [-0.2, -0.15) is 0 Å². The molecule has 0 aliphatic carbocycles. The van der Waals surface area contributed by atoms with Gasteiger partial charge in [-0.3, -0.25) is 4.90 Å². The number of aliphatic hydroxyl groups excluding tert-OH is 1. The van der Waals surface area contributed by atoms with Crippen LogP contribution in [0.3, 0.4) is 0 Å². The Kier molecular flexibility index (Phi) is 7.64. The summed E-state index contributed by atoms with van der Waals surface area (Å²) in [6.07, 6.45) is 8.98. The molecule has 3 N–H and O–H groups in total. The molecule has 0 bridgehead atoms. The molecule has 0 fully saturated rings. The van der Waals surface area contributed by atoms with Gasteiger partial charge in [-0.25, -0.2) is 0 Å². The van der Waals surface area contributed by atoms with E-state index in [2.05, 4.69) is 37.8 Å². The summed E-state index contributed by atoms with van der Waals surface area (Å²) in [4.78, 5) is 1.80. The number of allylic oxidation sites excluding steroid dienone is 4. The maximum atomic E-state index is 9.98. The third-order valence-corrected chi connectivity index (χ3v) is 3.73. The molecule has 3 heteroatoms. The average Bonchev–Trinajstić information content (AvgIpc) is 2.51. The Hall–Kier alpha value is -1.84. The van der Waals surface area contributed by atoms with Gasteiger partial charge in [0.25, 0.3) is 0 Å². The number of hydrogen-bond acceptors (Lipinski definition) is 3. The summed E-state index contributed by atoms with van der Waals surface area (Å²) in [5, 5.41) is 9.98. The minimum atomic E-state index is -0.476. The Morgan fingerprint density at radius 3 is 2.45 bits per heavy atom. The molecule has 0 radical (unpaired) electrons. The van der Waals surface area contributed by atoms with E-state index in [0.717, 1.165) is 12.1 Å². The van der Waals surface area contributed by atoms with E-state index in [4.69, 9.17) is 5.73 Å². The number of anilines is 1. The van der Waals surface area contributed by atoms with Crippen molar-refractivity contribution in [3.05, 3.63) is 66.3 Å². The molecule has 0 aliphatic heterocycles. The predicted octanol–water partition coefficient (Wildman–Crippen LogP) is 3.70. The van der Waals surface area contributed by atoms with Crippen LogP contribution in [0.1, 0.15) is 31.2 Å². The monoisotopic (exact) mass is 300 g/mol. The average molecular weight is 300 g/mol. The molecule has 0 aromatic heterocycles. The largest absolute Gasteiger partial charge is 0.399 e. The summed E-state index contributed by atoms with van der Waals surface area (Å²) in [7, 11) is 3.74. The fraction of sp³-hybridized carbons (Fsp3) is 0.368. The topological polar surface area (TPSA) is 49.5 Å².